The van der Waals surface area contributed by atoms with Crippen LogP contribution in [0.4, 0.5) is 0 Å². The van der Waals surface area contributed by atoms with E-state index in [-0.39, 0.29) is 0 Å². The molecule has 0 saturated heterocycles. The van der Waals surface area contributed by atoms with Gasteiger partial charge < -0.3 is 0 Å². The first kappa shape index (κ1) is 23.6. The molecule has 1 heterocycles. The molecule has 0 aliphatic heterocycles. The van der Waals surface area contributed by atoms with Crippen molar-refractivity contribution in [1.29, 1.82) is 0 Å². The van der Waals surface area contributed by atoms with Crippen LogP contribution in [0.3, 0.4) is 0 Å². The maximum Gasteiger partial charge on any atom is 0.205 e. The minimum Gasteiger partial charge on any atom is -0.144 e. The second-order valence-electron chi connectivity index (χ2n) is 9.31. The first-order valence-corrected chi connectivity index (χ1v) is 13.0. The van der Waals surface area contributed by atoms with Crippen LogP contribution in [-0.4, -0.2) is 20.2 Å². The summed E-state index contributed by atoms with van der Waals surface area (Å²) in [5.41, 5.74) is 6.86. The number of rotatable bonds is 7. The monoisotopic (exact) mass is 492 g/mol. The molecule has 0 N–H and O–H groups in total. The predicted octanol–water partition coefficient (Wildman–Crippen LogP) is 7.41. The standard InChI is InChI=1S/C34H28N4/c1-2-26-22-24-27(25-23-26)31-20-12-13-21-32(31)33-35-37-38(36-33)34(28-14-6-3-7-15-28,29-16-8-4-9-17-29)30-18-10-5-11-19-30/h3-25H,2H2,1H3. The van der Waals surface area contributed by atoms with Crippen molar-refractivity contribution in [1.82, 2.24) is 20.2 Å². The number of hydrogen-bond donors (Lipinski definition) is 0. The molecule has 1 aromatic heterocycles. The Hall–Kier alpha value is -4.83. The molecule has 5 aromatic carbocycles. The Labute approximate surface area is 223 Å². The van der Waals surface area contributed by atoms with E-state index in [0.29, 0.717) is 5.82 Å². The van der Waals surface area contributed by atoms with Gasteiger partial charge >= 0.3 is 0 Å². The molecule has 0 unspecified atom stereocenters. The number of aryl methyl sites for hydroxylation is 1. The van der Waals surface area contributed by atoms with E-state index in [4.69, 9.17) is 10.3 Å². The fourth-order valence-electron chi connectivity index (χ4n) is 5.20. The Morgan fingerprint density at radius 3 is 1.53 bits per heavy atom. The summed E-state index contributed by atoms with van der Waals surface area (Å²) in [6.07, 6.45) is 1.01. The SMILES string of the molecule is CCc1ccc(-c2ccccc2-c2nnn(C(c3ccccc3)(c3ccccc3)c3ccccc3)n2)cc1. The van der Waals surface area contributed by atoms with E-state index in [0.717, 1.165) is 39.8 Å². The largest absolute Gasteiger partial charge is 0.205 e. The summed E-state index contributed by atoms with van der Waals surface area (Å²) in [6, 6.07) is 48.2. The van der Waals surface area contributed by atoms with Crippen LogP contribution in [0.25, 0.3) is 22.5 Å². The van der Waals surface area contributed by atoms with Crippen molar-refractivity contribution in [2.24, 2.45) is 0 Å². The van der Waals surface area contributed by atoms with Gasteiger partial charge in [0, 0.05) is 5.56 Å². The lowest BCUT2D eigenvalue weighted by atomic mass is 9.77. The second-order valence-corrected chi connectivity index (χ2v) is 9.31. The minimum absolute atomic E-state index is 0.590. The van der Waals surface area contributed by atoms with Gasteiger partial charge in [0.25, 0.3) is 0 Å². The van der Waals surface area contributed by atoms with Gasteiger partial charge in [-0.3, -0.25) is 0 Å². The van der Waals surface area contributed by atoms with Crippen LogP contribution in [0.2, 0.25) is 0 Å². The van der Waals surface area contributed by atoms with Gasteiger partial charge in [0.05, 0.1) is 0 Å². The molecule has 0 aliphatic carbocycles. The van der Waals surface area contributed by atoms with Gasteiger partial charge in [-0.15, -0.1) is 15.0 Å². The molecule has 4 heteroatoms. The zero-order valence-corrected chi connectivity index (χ0v) is 21.3. The van der Waals surface area contributed by atoms with Crippen LogP contribution in [0.1, 0.15) is 29.2 Å². The average molecular weight is 493 g/mol. The van der Waals surface area contributed by atoms with Crippen molar-refractivity contribution in [2.75, 3.05) is 0 Å². The quantitative estimate of drug-likeness (QED) is 0.218. The van der Waals surface area contributed by atoms with E-state index in [1.165, 1.54) is 5.56 Å². The molecule has 4 nitrogen and oxygen atoms in total. The van der Waals surface area contributed by atoms with Crippen molar-refractivity contribution in [3.63, 3.8) is 0 Å². The first-order valence-electron chi connectivity index (χ1n) is 13.0. The van der Waals surface area contributed by atoms with Gasteiger partial charge in [0.2, 0.25) is 5.82 Å². The molecule has 0 fully saturated rings. The molecule has 184 valence electrons. The minimum atomic E-state index is -0.799. The van der Waals surface area contributed by atoms with E-state index in [1.807, 2.05) is 24.3 Å². The summed E-state index contributed by atoms with van der Waals surface area (Å²) < 4.78 is 0. The molecule has 0 atom stereocenters. The average Bonchev–Trinajstić information content (AvgIpc) is 3.50. The third-order valence-electron chi connectivity index (χ3n) is 7.13. The van der Waals surface area contributed by atoms with Crippen molar-refractivity contribution < 1.29 is 0 Å². The molecule has 0 saturated carbocycles. The zero-order chi connectivity index (χ0) is 25.8. The molecular formula is C34H28N4. The Kier molecular flexibility index (Phi) is 6.37. The fourth-order valence-corrected chi connectivity index (χ4v) is 5.20. The van der Waals surface area contributed by atoms with Crippen LogP contribution in [-0.2, 0) is 12.0 Å². The molecule has 6 aromatic rings. The Balaban J connectivity index is 1.57. The third kappa shape index (κ3) is 4.10. The lowest BCUT2D eigenvalue weighted by Crippen LogP contribution is -2.39. The van der Waals surface area contributed by atoms with Crippen LogP contribution < -0.4 is 0 Å². The maximum absolute atomic E-state index is 5.10. The maximum atomic E-state index is 5.10. The summed E-state index contributed by atoms with van der Waals surface area (Å²) in [6.45, 7) is 2.17. The van der Waals surface area contributed by atoms with Gasteiger partial charge in [0.15, 0.2) is 5.54 Å². The topological polar surface area (TPSA) is 43.6 Å². The predicted molar refractivity (Wildman–Crippen MR) is 153 cm³/mol. The van der Waals surface area contributed by atoms with Gasteiger partial charge in [-0.25, -0.2) is 0 Å². The first-order chi connectivity index (χ1) is 18.8. The van der Waals surface area contributed by atoms with Crippen molar-refractivity contribution in [3.05, 3.63) is 162 Å². The van der Waals surface area contributed by atoms with Gasteiger partial charge in [-0.1, -0.05) is 146 Å². The Bertz CT molecular complexity index is 1530. The third-order valence-corrected chi connectivity index (χ3v) is 7.13. The van der Waals surface area contributed by atoms with E-state index in [2.05, 4.69) is 127 Å². The highest BCUT2D eigenvalue weighted by molar-refractivity contribution is 5.80. The lowest BCUT2D eigenvalue weighted by molar-refractivity contribution is 0.396. The molecule has 0 aliphatic rings. The molecule has 0 bridgehead atoms. The summed E-state index contributed by atoms with van der Waals surface area (Å²) in [5, 5.41) is 14.5. The van der Waals surface area contributed by atoms with Crippen molar-refractivity contribution >= 4 is 0 Å². The van der Waals surface area contributed by atoms with Crippen LogP contribution in [0.15, 0.2) is 140 Å². The Morgan fingerprint density at radius 1 is 0.553 bits per heavy atom. The van der Waals surface area contributed by atoms with Gasteiger partial charge in [-0.2, -0.15) is 0 Å². The number of tetrazole rings is 1. The molecular weight excluding hydrogens is 464 g/mol. The number of benzene rings is 5. The van der Waals surface area contributed by atoms with E-state index in [1.54, 1.807) is 4.80 Å². The van der Waals surface area contributed by atoms with E-state index >= 15 is 0 Å². The number of aromatic nitrogens is 4. The molecule has 0 spiro atoms. The summed E-state index contributed by atoms with van der Waals surface area (Å²) >= 11 is 0. The number of nitrogens with zero attached hydrogens (tertiary/aromatic N) is 4. The van der Waals surface area contributed by atoms with Crippen molar-refractivity contribution in [3.8, 4) is 22.5 Å². The normalized spacial score (nSPS) is 11.4. The summed E-state index contributed by atoms with van der Waals surface area (Å²) in [7, 11) is 0. The highest BCUT2D eigenvalue weighted by Crippen LogP contribution is 2.40. The molecule has 0 amide bonds. The summed E-state index contributed by atoms with van der Waals surface area (Å²) in [5.74, 6) is 0.590. The fraction of sp³-hybridized carbons (Fsp3) is 0.0882. The molecule has 6 rings (SSSR count). The zero-order valence-electron chi connectivity index (χ0n) is 21.3. The molecule has 38 heavy (non-hydrogen) atoms. The van der Waals surface area contributed by atoms with Gasteiger partial charge in [0.1, 0.15) is 0 Å². The Morgan fingerprint density at radius 2 is 1.03 bits per heavy atom. The van der Waals surface area contributed by atoms with Crippen LogP contribution in [0.5, 0.6) is 0 Å². The second kappa shape index (κ2) is 10.3. The van der Waals surface area contributed by atoms with Crippen molar-refractivity contribution in [2.45, 2.75) is 18.9 Å². The smallest absolute Gasteiger partial charge is 0.144 e. The highest BCUT2D eigenvalue weighted by atomic mass is 15.6. The van der Waals surface area contributed by atoms with Crippen LogP contribution >= 0.6 is 0 Å². The number of hydrogen-bond acceptors (Lipinski definition) is 3. The molecule has 0 radical (unpaired) electrons. The summed E-state index contributed by atoms with van der Waals surface area (Å²) in [4.78, 5) is 1.78. The van der Waals surface area contributed by atoms with E-state index < -0.39 is 5.54 Å². The van der Waals surface area contributed by atoms with E-state index in [9.17, 15) is 0 Å². The van der Waals surface area contributed by atoms with Crippen LogP contribution in [0, 0.1) is 0 Å². The highest BCUT2D eigenvalue weighted by Gasteiger charge is 2.41. The van der Waals surface area contributed by atoms with Gasteiger partial charge in [-0.05, 0) is 45.0 Å². The lowest BCUT2D eigenvalue weighted by Gasteiger charge is -2.34.